The topological polar surface area (TPSA) is 75.6 Å². The number of nitrogens with one attached hydrogen (secondary N) is 1. The second-order valence-corrected chi connectivity index (χ2v) is 7.05. The Bertz CT molecular complexity index is 613. The van der Waals surface area contributed by atoms with Crippen molar-refractivity contribution in [2.45, 2.75) is 6.42 Å². The zero-order chi connectivity index (χ0) is 13.9. The van der Waals surface area contributed by atoms with Gasteiger partial charge in [0.15, 0.2) is 9.84 Å². The molecule has 1 aliphatic rings. The van der Waals surface area contributed by atoms with Gasteiger partial charge in [-0.1, -0.05) is 23.7 Å². The van der Waals surface area contributed by atoms with E-state index in [0.29, 0.717) is 11.4 Å². The van der Waals surface area contributed by atoms with Gasteiger partial charge in [-0.2, -0.15) is 5.10 Å². The van der Waals surface area contributed by atoms with Gasteiger partial charge in [-0.05, 0) is 24.1 Å². The minimum atomic E-state index is -3.05. The molecule has 2 rings (SSSR count). The predicted molar refractivity (Wildman–Crippen MR) is 73.9 cm³/mol. The van der Waals surface area contributed by atoms with Gasteiger partial charge in [-0.15, -0.1) is 0 Å². The van der Waals surface area contributed by atoms with Crippen LogP contribution in [-0.2, 0) is 14.6 Å². The minimum Gasteiger partial charge on any atom is -0.273 e. The monoisotopic (exact) mass is 300 g/mol. The molecule has 1 amide bonds. The Hall–Kier alpha value is -1.40. The first-order valence-corrected chi connectivity index (χ1v) is 7.95. The van der Waals surface area contributed by atoms with Gasteiger partial charge in [0, 0.05) is 5.02 Å². The van der Waals surface area contributed by atoms with Crippen LogP contribution in [0.3, 0.4) is 0 Å². The zero-order valence-corrected chi connectivity index (χ0v) is 11.6. The smallest absolute Gasteiger partial charge is 0.244 e. The molecule has 1 saturated heterocycles. The first kappa shape index (κ1) is 14.0. The number of sulfone groups is 1. The number of carbonyl (C=O) groups excluding carboxylic acids is 1. The number of benzene rings is 1. The van der Waals surface area contributed by atoms with Gasteiger partial charge in [-0.25, -0.2) is 13.8 Å². The lowest BCUT2D eigenvalue weighted by atomic mass is 10.1. The SMILES string of the molecule is O=C(N/N=C\c1cccc(Cl)c1)[C@H]1CCS(=O)(=O)C1. The Kier molecular flexibility index (Phi) is 4.21. The lowest BCUT2D eigenvalue weighted by Gasteiger charge is -2.04. The number of hydrazone groups is 1. The van der Waals surface area contributed by atoms with Crippen molar-refractivity contribution in [3.05, 3.63) is 34.9 Å². The van der Waals surface area contributed by atoms with Crippen LogP contribution in [0.25, 0.3) is 0 Å². The molecule has 0 spiro atoms. The van der Waals surface area contributed by atoms with Crippen molar-refractivity contribution in [2.24, 2.45) is 11.0 Å². The zero-order valence-electron chi connectivity index (χ0n) is 10.0. The van der Waals surface area contributed by atoms with Crippen molar-refractivity contribution in [2.75, 3.05) is 11.5 Å². The van der Waals surface area contributed by atoms with Gasteiger partial charge in [0.1, 0.15) is 0 Å². The van der Waals surface area contributed by atoms with Crippen LogP contribution in [-0.4, -0.2) is 32.0 Å². The van der Waals surface area contributed by atoms with Crippen LogP contribution in [0.1, 0.15) is 12.0 Å². The summed E-state index contributed by atoms with van der Waals surface area (Å²) in [6.07, 6.45) is 1.83. The molecular formula is C12H13ClN2O3S. The van der Waals surface area contributed by atoms with Crippen LogP contribution in [0.2, 0.25) is 5.02 Å². The lowest BCUT2D eigenvalue weighted by Crippen LogP contribution is -2.27. The third-order valence-electron chi connectivity index (χ3n) is 2.84. The maximum Gasteiger partial charge on any atom is 0.244 e. The summed E-state index contributed by atoms with van der Waals surface area (Å²) >= 11 is 5.81. The molecule has 0 saturated carbocycles. The van der Waals surface area contributed by atoms with Gasteiger partial charge in [-0.3, -0.25) is 4.79 Å². The summed E-state index contributed by atoms with van der Waals surface area (Å²) in [6.45, 7) is 0. The first-order valence-electron chi connectivity index (χ1n) is 5.75. The lowest BCUT2D eigenvalue weighted by molar-refractivity contribution is -0.124. The molecule has 0 radical (unpaired) electrons. The number of amides is 1. The van der Waals surface area contributed by atoms with Crippen LogP contribution >= 0.6 is 11.6 Å². The molecule has 19 heavy (non-hydrogen) atoms. The molecular weight excluding hydrogens is 288 g/mol. The van der Waals surface area contributed by atoms with Crippen LogP contribution in [0.4, 0.5) is 0 Å². The van der Waals surface area contributed by atoms with Gasteiger partial charge in [0.05, 0.1) is 23.6 Å². The number of hydrogen-bond acceptors (Lipinski definition) is 4. The molecule has 1 fully saturated rings. The average molecular weight is 301 g/mol. The standard InChI is InChI=1S/C12H13ClN2O3S/c13-11-3-1-2-9(6-11)7-14-15-12(16)10-4-5-19(17,18)8-10/h1-3,6-7,10H,4-5,8H2,(H,15,16)/b14-7-/t10-/m0/s1. The highest BCUT2D eigenvalue weighted by Crippen LogP contribution is 2.18. The molecule has 1 atom stereocenters. The van der Waals surface area contributed by atoms with Gasteiger partial charge in [0.25, 0.3) is 0 Å². The number of halogens is 1. The summed E-state index contributed by atoms with van der Waals surface area (Å²) in [4.78, 5) is 11.7. The molecule has 0 aromatic heterocycles. The Morgan fingerprint density at radius 2 is 2.26 bits per heavy atom. The molecule has 1 aromatic rings. The Labute approximate surface area is 116 Å². The fourth-order valence-electron chi connectivity index (χ4n) is 1.85. The molecule has 0 unspecified atom stereocenters. The summed E-state index contributed by atoms with van der Waals surface area (Å²) in [5, 5.41) is 4.38. The minimum absolute atomic E-state index is 0.0725. The number of hydrogen-bond donors (Lipinski definition) is 1. The van der Waals surface area contributed by atoms with E-state index >= 15 is 0 Å². The number of carbonyl (C=O) groups is 1. The van der Waals surface area contributed by atoms with E-state index in [9.17, 15) is 13.2 Å². The summed E-state index contributed by atoms with van der Waals surface area (Å²) in [5.74, 6) is -0.880. The molecule has 1 N–H and O–H groups in total. The second kappa shape index (κ2) is 5.71. The Morgan fingerprint density at radius 3 is 2.89 bits per heavy atom. The summed E-state index contributed by atoms with van der Waals surface area (Å²) in [7, 11) is -3.05. The van der Waals surface area contributed by atoms with E-state index < -0.39 is 15.8 Å². The molecule has 1 aromatic carbocycles. The maximum absolute atomic E-state index is 11.7. The molecule has 1 aliphatic heterocycles. The molecule has 102 valence electrons. The summed E-state index contributed by atoms with van der Waals surface area (Å²) in [5.41, 5.74) is 3.11. The van der Waals surface area contributed by atoms with Gasteiger partial charge >= 0.3 is 0 Å². The quantitative estimate of drug-likeness (QED) is 0.674. The molecule has 1 heterocycles. The fraction of sp³-hybridized carbons (Fsp3) is 0.333. The van der Waals surface area contributed by atoms with Crippen LogP contribution in [0.5, 0.6) is 0 Å². The van der Waals surface area contributed by atoms with Crippen molar-refractivity contribution < 1.29 is 13.2 Å². The molecule has 0 aliphatic carbocycles. The van der Waals surface area contributed by atoms with Gasteiger partial charge in [0.2, 0.25) is 5.91 Å². The largest absolute Gasteiger partial charge is 0.273 e. The van der Waals surface area contributed by atoms with Crippen LogP contribution < -0.4 is 5.43 Å². The normalized spacial score (nSPS) is 21.6. The number of rotatable bonds is 3. The highest BCUT2D eigenvalue weighted by atomic mass is 35.5. The van der Waals surface area contributed by atoms with Crippen molar-refractivity contribution in [1.29, 1.82) is 0 Å². The first-order chi connectivity index (χ1) is 8.96. The Morgan fingerprint density at radius 1 is 1.47 bits per heavy atom. The van der Waals surface area contributed by atoms with Crippen molar-refractivity contribution in [3.63, 3.8) is 0 Å². The summed E-state index contributed by atoms with van der Waals surface area (Å²) in [6, 6.07) is 7.01. The van der Waals surface area contributed by atoms with E-state index in [1.165, 1.54) is 6.21 Å². The average Bonchev–Trinajstić information content (AvgIpc) is 2.70. The van der Waals surface area contributed by atoms with Crippen molar-refractivity contribution in [1.82, 2.24) is 5.43 Å². The van der Waals surface area contributed by atoms with E-state index in [4.69, 9.17) is 11.6 Å². The van der Waals surface area contributed by atoms with Crippen LogP contribution in [0.15, 0.2) is 29.4 Å². The van der Waals surface area contributed by atoms with Crippen molar-refractivity contribution >= 4 is 33.6 Å². The fourth-order valence-corrected chi connectivity index (χ4v) is 3.79. The summed E-state index contributed by atoms with van der Waals surface area (Å²) < 4.78 is 22.5. The molecule has 7 heteroatoms. The third-order valence-corrected chi connectivity index (χ3v) is 4.84. The molecule has 5 nitrogen and oxygen atoms in total. The third kappa shape index (κ3) is 4.04. The van der Waals surface area contributed by atoms with E-state index in [-0.39, 0.29) is 17.4 Å². The van der Waals surface area contributed by atoms with Crippen LogP contribution in [0, 0.1) is 5.92 Å². The van der Waals surface area contributed by atoms with Crippen molar-refractivity contribution in [3.8, 4) is 0 Å². The maximum atomic E-state index is 11.7. The number of nitrogens with zero attached hydrogens (tertiary/aromatic N) is 1. The van der Waals surface area contributed by atoms with Gasteiger partial charge < -0.3 is 0 Å². The van der Waals surface area contributed by atoms with E-state index in [2.05, 4.69) is 10.5 Å². The van der Waals surface area contributed by atoms with E-state index in [1.54, 1.807) is 24.3 Å². The second-order valence-electron chi connectivity index (χ2n) is 4.39. The highest BCUT2D eigenvalue weighted by molar-refractivity contribution is 7.91. The highest BCUT2D eigenvalue weighted by Gasteiger charge is 2.32. The van der Waals surface area contributed by atoms with E-state index in [1.807, 2.05) is 0 Å². The molecule has 0 bridgehead atoms. The van der Waals surface area contributed by atoms with E-state index in [0.717, 1.165) is 5.56 Å². The Balaban J connectivity index is 1.91. The predicted octanol–water partition coefficient (Wildman–Crippen LogP) is 1.22.